The lowest BCUT2D eigenvalue weighted by molar-refractivity contribution is -0.145. The zero-order chi connectivity index (χ0) is 14.7. The van der Waals surface area contributed by atoms with Crippen molar-refractivity contribution in [2.75, 3.05) is 0 Å². The maximum atomic E-state index is 11.4. The van der Waals surface area contributed by atoms with Crippen molar-refractivity contribution in [1.29, 1.82) is 0 Å². The zero-order valence-corrected chi connectivity index (χ0v) is 10.9. The summed E-state index contributed by atoms with van der Waals surface area (Å²) in [6, 6.07) is 10.2. The van der Waals surface area contributed by atoms with Crippen molar-refractivity contribution in [2.24, 2.45) is 0 Å². The number of fused-ring (bicyclic) bond motifs is 1. The first-order chi connectivity index (χ1) is 9.54. The molecular weight excluding hydrogens is 260 g/mol. The van der Waals surface area contributed by atoms with Gasteiger partial charge in [0.15, 0.2) is 6.10 Å². The van der Waals surface area contributed by atoms with Crippen molar-refractivity contribution in [1.82, 2.24) is 0 Å². The first-order valence-corrected chi connectivity index (χ1v) is 6.19. The van der Waals surface area contributed by atoms with Crippen LogP contribution in [-0.2, 0) is 4.79 Å². The lowest BCUT2D eigenvalue weighted by atomic mass is 10.0. The highest BCUT2D eigenvalue weighted by Gasteiger charge is 2.22. The van der Waals surface area contributed by atoms with E-state index in [1.54, 1.807) is 37.3 Å². The van der Waals surface area contributed by atoms with Crippen molar-refractivity contribution < 1.29 is 24.5 Å². The molecule has 104 valence electrons. The van der Waals surface area contributed by atoms with Crippen molar-refractivity contribution >= 4 is 22.7 Å². The first-order valence-electron chi connectivity index (χ1n) is 6.19. The summed E-state index contributed by atoms with van der Waals surface area (Å²) >= 11 is 0. The summed E-state index contributed by atoms with van der Waals surface area (Å²) in [6.07, 6.45) is -0.810. The zero-order valence-electron chi connectivity index (χ0n) is 10.9. The summed E-state index contributed by atoms with van der Waals surface area (Å²) in [7, 11) is 0. The third-order valence-corrected chi connectivity index (χ3v) is 3.02. The molecule has 5 nitrogen and oxygen atoms in total. The van der Waals surface area contributed by atoms with Gasteiger partial charge in [-0.3, -0.25) is 0 Å². The van der Waals surface area contributed by atoms with Crippen LogP contribution < -0.4 is 4.74 Å². The van der Waals surface area contributed by atoms with Gasteiger partial charge in [-0.05, 0) is 23.3 Å². The van der Waals surface area contributed by atoms with E-state index in [4.69, 9.17) is 9.84 Å². The van der Waals surface area contributed by atoms with Crippen molar-refractivity contribution in [3.8, 4) is 5.75 Å². The monoisotopic (exact) mass is 274 g/mol. The third-order valence-electron chi connectivity index (χ3n) is 3.02. The molecule has 2 aromatic rings. The number of ether oxygens (including phenoxy) is 1. The van der Waals surface area contributed by atoms with Gasteiger partial charge in [-0.25, -0.2) is 9.59 Å². The van der Waals surface area contributed by atoms with E-state index in [9.17, 15) is 14.7 Å². The highest BCUT2D eigenvalue weighted by Crippen LogP contribution is 2.29. The SMILES string of the molecule is CCC(Oc1ccc2ccccc2c1C(=O)O)C(=O)O. The van der Waals surface area contributed by atoms with E-state index < -0.39 is 18.0 Å². The molecule has 2 N–H and O–H groups in total. The predicted molar refractivity (Wildman–Crippen MR) is 73.3 cm³/mol. The van der Waals surface area contributed by atoms with E-state index in [0.717, 1.165) is 5.39 Å². The topological polar surface area (TPSA) is 83.8 Å². The molecule has 2 aromatic carbocycles. The predicted octanol–water partition coefficient (Wildman–Crippen LogP) is 2.78. The lowest BCUT2D eigenvalue weighted by Crippen LogP contribution is -2.26. The van der Waals surface area contributed by atoms with E-state index in [1.165, 1.54) is 6.07 Å². The van der Waals surface area contributed by atoms with Crippen LogP contribution in [0.4, 0.5) is 0 Å². The summed E-state index contributed by atoms with van der Waals surface area (Å²) in [6.45, 7) is 1.67. The van der Waals surface area contributed by atoms with Gasteiger partial charge < -0.3 is 14.9 Å². The number of aromatic carboxylic acids is 1. The van der Waals surface area contributed by atoms with Crippen LogP contribution in [0.15, 0.2) is 36.4 Å². The van der Waals surface area contributed by atoms with Gasteiger partial charge in [0.2, 0.25) is 0 Å². The number of rotatable bonds is 5. The standard InChI is InChI=1S/C15H14O5/c1-2-11(14(16)17)20-12-8-7-9-5-3-4-6-10(9)13(12)15(18)19/h3-8,11H,2H2,1H3,(H,16,17)(H,18,19). The molecule has 2 rings (SSSR count). The summed E-state index contributed by atoms with van der Waals surface area (Å²) in [5, 5.41) is 19.7. The number of hydrogen-bond acceptors (Lipinski definition) is 3. The lowest BCUT2D eigenvalue weighted by Gasteiger charge is -2.16. The average Bonchev–Trinajstić information content (AvgIpc) is 2.43. The molecule has 0 fully saturated rings. The van der Waals surface area contributed by atoms with Gasteiger partial charge in [0, 0.05) is 0 Å². The molecule has 0 saturated carbocycles. The number of carboxylic acids is 2. The van der Waals surface area contributed by atoms with Gasteiger partial charge in [0.05, 0.1) is 0 Å². The first kappa shape index (κ1) is 13.9. The molecule has 0 aliphatic rings. The Morgan fingerprint density at radius 3 is 2.45 bits per heavy atom. The van der Waals surface area contributed by atoms with E-state index in [2.05, 4.69) is 0 Å². The Morgan fingerprint density at radius 2 is 1.85 bits per heavy atom. The number of benzene rings is 2. The fraction of sp³-hybridized carbons (Fsp3) is 0.200. The van der Waals surface area contributed by atoms with Crippen LogP contribution in [0.2, 0.25) is 0 Å². The number of carboxylic acid groups (broad SMARTS) is 2. The van der Waals surface area contributed by atoms with Crippen LogP contribution in [0.25, 0.3) is 10.8 Å². The minimum Gasteiger partial charge on any atom is -0.479 e. The molecule has 0 aromatic heterocycles. The summed E-state index contributed by atoms with van der Waals surface area (Å²) in [5.74, 6) is -2.18. The van der Waals surface area contributed by atoms with Crippen LogP contribution in [0.1, 0.15) is 23.7 Å². The number of hydrogen-bond donors (Lipinski definition) is 2. The van der Waals surface area contributed by atoms with Crippen LogP contribution >= 0.6 is 0 Å². The van der Waals surface area contributed by atoms with Crippen LogP contribution in [0.5, 0.6) is 5.75 Å². The maximum absolute atomic E-state index is 11.4. The normalized spacial score (nSPS) is 12.1. The molecule has 20 heavy (non-hydrogen) atoms. The van der Waals surface area contributed by atoms with Gasteiger partial charge in [-0.15, -0.1) is 0 Å². The average molecular weight is 274 g/mol. The molecular formula is C15H14O5. The molecule has 1 unspecified atom stereocenters. The minimum absolute atomic E-state index is 0.0113. The summed E-state index contributed by atoms with van der Waals surface area (Å²) < 4.78 is 5.35. The van der Waals surface area contributed by atoms with Crippen molar-refractivity contribution in [2.45, 2.75) is 19.4 Å². The highest BCUT2D eigenvalue weighted by molar-refractivity contribution is 6.06. The second-order valence-electron chi connectivity index (χ2n) is 4.32. The molecule has 0 aliphatic heterocycles. The Bertz CT molecular complexity index is 662. The Kier molecular flexibility index (Phi) is 3.89. The second kappa shape index (κ2) is 5.61. The molecule has 0 radical (unpaired) electrons. The molecule has 0 bridgehead atoms. The van der Waals surface area contributed by atoms with Crippen LogP contribution in [0.3, 0.4) is 0 Å². The minimum atomic E-state index is -1.14. The Hall–Kier alpha value is -2.56. The van der Waals surface area contributed by atoms with E-state index in [1.807, 2.05) is 0 Å². The molecule has 0 saturated heterocycles. The Balaban J connectivity index is 2.55. The maximum Gasteiger partial charge on any atom is 0.344 e. The van der Waals surface area contributed by atoms with E-state index >= 15 is 0 Å². The molecule has 0 aliphatic carbocycles. The molecule has 0 spiro atoms. The van der Waals surface area contributed by atoms with Gasteiger partial charge in [-0.2, -0.15) is 0 Å². The van der Waals surface area contributed by atoms with Gasteiger partial charge in [-0.1, -0.05) is 37.3 Å². The van der Waals surface area contributed by atoms with Gasteiger partial charge >= 0.3 is 11.9 Å². The van der Waals surface area contributed by atoms with Gasteiger partial charge in [0.25, 0.3) is 0 Å². The highest BCUT2D eigenvalue weighted by atomic mass is 16.5. The Morgan fingerprint density at radius 1 is 1.15 bits per heavy atom. The largest absolute Gasteiger partial charge is 0.479 e. The van der Waals surface area contributed by atoms with Crippen molar-refractivity contribution in [3.63, 3.8) is 0 Å². The number of aliphatic carboxylic acids is 1. The van der Waals surface area contributed by atoms with Crippen LogP contribution in [0, 0.1) is 0 Å². The molecule has 0 amide bonds. The van der Waals surface area contributed by atoms with E-state index in [-0.39, 0.29) is 17.7 Å². The molecule has 0 heterocycles. The number of carbonyl (C=O) groups is 2. The van der Waals surface area contributed by atoms with E-state index in [0.29, 0.717) is 5.39 Å². The third kappa shape index (κ3) is 2.56. The summed E-state index contributed by atoms with van der Waals surface area (Å²) in [4.78, 5) is 22.5. The fourth-order valence-electron chi connectivity index (χ4n) is 2.03. The van der Waals surface area contributed by atoms with Crippen molar-refractivity contribution in [3.05, 3.63) is 42.0 Å². The van der Waals surface area contributed by atoms with Gasteiger partial charge in [0.1, 0.15) is 11.3 Å². The van der Waals surface area contributed by atoms with Crippen LogP contribution in [-0.4, -0.2) is 28.3 Å². The Labute approximate surface area is 115 Å². The fourth-order valence-corrected chi connectivity index (χ4v) is 2.03. The molecule has 5 heteroatoms. The summed E-state index contributed by atoms with van der Waals surface area (Å²) in [5.41, 5.74) is -0.0113. The second-order valence-corrected chi connectivity index (χ2v) is 4.32. The quantitative estimate of drug-likeness (QED) is 0.875. The smallest absolute Gasteiger partial charge is 0.344 e. The molecule has 1 atom stereocenters.